The largest absolute Gasteiger partial charge is 0.451 e. The van der Waals surface area contributed by atoms with Gasteiger partial charge in [0.15, 0.2) is 5.76 Å². The first-order valence-electron chi connectivity index (χ1n) is 8.69. The number of rotatable bonds is 3. The topological polar surface area (TPSA) is 51.3 Å². The first kappa shape index (κ1) is 16.9. The van der Waals surface area contributed by atoms with E-state index in [1.807, 2.05) is 41.6 Å². The number of furan rings is 1. The van der Waals surface area contributed by atoms with Crippen LogP contribution < -0.4 is 0 Å². The average molecular weight is 370 g/mol. The number of benzene rings is 1. The summed E-state index contributed by atoms with van der Waals surface area (Å²) in [4.78, 5) is 14.6. The van der Waals surface area contributed by atoms with Gasteiger partial charge in [-0.2, -0.15) is 5.10 Å². The Bertz CT molecular complexity index is 960. The number of carbonyl (C=O) groups is 1. The Balaban J connectivity index is 1.51. The van der Waals surface area contributed by atoms with Gasteiger partial charge in [0, 0.05) is 24.3 Å². The van der Waals surface area contributed by atoms with Crippen LogP contribution in [0.3, 0.4) is 0 Å². The van der Waals surface area contributed by atoms with E-state index in [9.17, 15) is 4.79 Å². The molecule has 4 rings (SSSR count). The smallest absolute Gasteiger partial charge is 0.289 e. The van der Waals surface area contributed by atoms with Gasteiger partial charge < -0.3 is 9.32 Å². The van der Waals surface area contributed by atoms with Gasteiger partial charge in [0.05, 0.1) is 16.8 Å². The van der Waals surface area contributed by atoms with Crippen molar-refractivity contribution in [3.8, 4) is 11.3 Å². The second kappa shape index (κ2) is 6.65. The van der Waals surface area contributed by atoms with E-state index in [0.29, 0.717) is 29.6 Å². The molecule has 0 unspecified atom stereocenters. The Morgan fingerprint density at radius 2 is 2.04 bits per heavy atom. The van der Waals surface area contributed by atoms with Gasteiger partial charge in [-0.15, -0.1) is 0 Å². The molecule has 26 heavy (non-hydrogen) atoms. The zero-order chi connectivity index (χ0) is 18.3. The molecule has 5 nitrogen and oxygen atoms in total. The molecular formula is C20H20ClN3O2. The third-order valence-electron chi connectivity index (χ3n) is 4.80. The number of aromatic nitrogens is 2. The van der Waals surface area contributed by atoms with Crippen LogP contribution in [0.5, 0.6) is 0 Å². The highest BCUT2D eigenvalue weighted by Crippen LogP contribution is 2.30. The third kappa shape index (κ3) is 3.03. The van der Waals surface area contributed by atoms with Crippen LogP contribution in [0.2, 0.25) is 5.02 Å². The number of hydrogen-bond donors (Lipinski definition) is 0. The zero-order valence-electron chi connectivity index (χ0n) is 14.8. The monoisotopic (exact) mass is 369 g/mol. The van der Waals surface area contributed by atoms with Crippen molar-refractivity contribution in [2.45, 2.75) is 26.3 Å². The molecular weight excluding hydrogens is 350 g/mol. The van der Waals surface area contributed by atoms with Crippen molar-refractivity contribution in [2.75, 3.05) is 13.1 Å². The minimum atomic E-state index is -0.0904. The van der Waals surface area contributed by atoms with Gasteiger partial charge in [0.2, 0.25) is 0 Å². The zero-order valence-corrected chi connectivity index (χ0v) is 15.5. The number of hydrogen-bond acceptors (Lipinski definition) is 3. The first-order chi connectivity index (χ1) is 12.5. The molecule has 6 heteroatoms. The highest BCUT2D eigenvalue weighted by molar-refractivity contribution is 6.33. The maximum atomic E-state index is 12.8. The maximum absolute atomic E-state index is 12.8. The standard InChI is InChI=1S/C20H20ClN3O2/c1-13-11-14(2)24(22-13)15-9-10-23(12-15)20(25)19-8-7-18(26-19)16-5-3-4-6-17(16)21/h3-8,11,15H,9-10,12H2,1-2H3/t15-/m0/s1. The molecule has 0 radical (unpaired) electrons. The molecule has 1 saturated heterocycles. The molecule has 1 atom stereocenters. The predicted octanol–water partition coefficient (Wildman–Crippen LogP) is 4.50. The lowest BCUT2D eigenvalue weighted by atomic mass is 10.2. The molecule has 1 aliphatic rings. The summed E-state index contributed by atoms with van der Waals surface area (Å²) in [5, 5.41) is 5.16. The fourth-order valence-electron chi connectivity index (χ4n) is 3.56. The van der Waals surface area contributed by atoms with Crippen molar-refractivity contribution in [1.82, 2.24) is 14.7 Å². The normalized spacial score (nSPS) is 17.0. The third-order valence-corrected chi connectivity index (χ3v) is 5.13. The van der Waals surface area contributed by atoms with Crippen LogP contribution in [0.15, 0.2) is 46.9 Å². The van der Waals surface area contributed by atoms with Crippen molar-refractivity contribution < 1.29 is 9.21 Å². The van der Waals surface area contributed by atoms with E-state index in [-0.39, 0.29) is 11.9 Å². The molecule has 0 bridgehead atoms. The predicted molar refractivity (Wildman–Crippen MR) is 100 cm³/mol. The molecule has 134 valence electrons. The fraction of sp³-hybridized carbons (Fsp3) is 0.300. The van der Waals surface area contributed by atoms with Crippen LogP contribution in [0.4, 0.5) is 0 Å². The molecule has 1 aromatic carbocycles. The van der Waals surface area contributed by atoms with E-state index in [2.05, 4.69) is 11.2 Å². The summed E-state index contributed by atoms with van der Waals surface area (Å²) < 4.78 is 7.82. The van der Waals surface area contributed by atoms with Crippen LogP contribution >= 0.6 is 11.6 Å². The van der Waals surface area contributed by atoms with Crippen LogP contribution in [0, 0.1) is 13.8 Å². The highest BCUT2D eigenvalue weighted by Gasteiger charge is 2.30. The second-order valence-corrected chi connectivity index (χ2v) is 7.12. The number of amides is 1. The number of likely N-dealkylation sites (tertiary alicyclic amines) is 1. The molecule has 0 saturated carbocycles. The summed E-state index contributed by atoms with van der Waals surface area (Å²) in [6.07, 6.45) is 0.895. The van der Waals surface area contributed by atoms with Crippen molar-refractivity contribution in [3.63, 3.8) is 0 Å². The van der Waals surface area contributed by atoms with Gasteiger partial charge in [-0.05, 0) is 50.6 Å². The summed E-state index contributed by atoms with van der Waals surface area (Å²) in [7, 11) is 0. The Labute approximate surface area is 157 Å². The number of carbonyl (C=O) groups excluding carboxylic acids is 1. The minimum absolute atomic E-state index is 0.0904. The van der Waals surface area contributed by atoms with Crippen molar-refractivity contribution in [2.24, 2.45) is 0 Å². The molecule has 0 N–H and O–H groups in total. The fourth-order valence-corrected chi connectivity index (χ4v) is 3.78. The van der Waals surface area contributed by atoms with E-state index in [4.69, 9.17) is 16.0 Å². The molecule has 1 amide bonds. The molecule has 2 aromatic heterocycles. The summed E-state index contributed by atoms with van der Waals surface area (Å²) in [6.45, 7) is 5.38. The molecule has 3 aromatic rings. The molecule has 0 spiro atoms. The maximum Gasteiger partial charge on any atom is 0.289 e. The van der Waals surface area contributed by atoms with Crippen LogP contribution in [-0.4, -0.2) is 33.7 Å². The SMILES string of the molecule is Cc1cc(C)n([C@H]2CCN(C(=O)c3ccc(-c4ccccc4Cl)o3)C2)n1. The van der Waals surface area contributed by atoms with Crippen LogP contribution in [0.25, 0.3) is 11.3 Å². The molecule has 0 aliphatic carbocycles. The van der Waals surface area contributed by atoms with E-state index < -0.39 is 0 Å². The summed E-state index contributed by atoms with van der Waals surface area (Å²) in [5.74, 6) is 0.856. The van der Waals surface area contributed by atoms with Gasteiger partial charge in [-0.3, -0.25) is 9.48 Å². The van der Waals surface area contributed by atoms with Gasteiger partial charge in [0.1, 0.15) is 5.76 Å². The van der Waals surface area contributed by atoms with Gasteiger partial charge in [-0.25, -0.2) is 0 Å². The van der Waals surface area contributed by atoms with Crippen molar-refractivity contribution in [3.05, 3.63) is 64.6 Å². The lowest BCUT2D eigenvalue weighted by molar-refractivity contribution is 0.0756. The van der Waals surface area contributed by atoms with E-state index in [0.717, 1.165) is 23.4 Å². The summed E-state index contributed by atoms with van der Waals surface area (Å²) >= 11 is 6.21. The van der Waals surface area contributed by atoms with Gasteiger partial charge in [0.25, 0.3) is 5.91 Å². The summed E-state index contributed by atoms with van der Waals surface area (Å²) in [5.41, 5.74) is 2.92. The lowest BCUT2D eigenvalue weighted by Crippen LogP contribution is -2.29. The number of nitrogens with zero attached hydrogens (tertiary/aromatic N) is 3. The quantitative estimate of drug-likeness (QED) is 0.683. The Morgan fingerprint density at radius 3 is 2.77 bits per heavy atom. The number of halogens is 1. The number of aryl methyl sites for hydroxylation is 2. The van der Waals surface area contributed by atoms with Gasteiger partial charge >= 0.3 is 0 Å². The van der Waals surface area contributed by atoms with Crippen molar-refractivity contribution >= 4 is 17.5 Å². The molecule has 1 aliphatic heterocycles. The van der Waals surface area contributed by atoms with Crippen molar-refractivity contribution in [1.29, 1.82) is 0 Å². The Morgan fingerprint density at radius 1 is 1.23 bits per heavy atom. The van der Waals surface area contributed by atoms with E-state index in [1.54, 1.807) is 18.2 Å². The Hall–Kier alpha value is -2.53. The molecule has 1 fully saturated rings. The summed E-state index contributed by atoms with van der Waals surface area (Å²) in [6, 6.07) is 13.2. The average Bonchev–Trinajstić information content (AvgIpc) is 3.34. The Kier molecular flexibility index (Phi) is 4.32. The molecule has 3 heterocycles. The van der Waals surface area contributed by atoms with Crippen LogP contribution in [0.1, 0.15) is 34.4 Å². The second-order valence-electron chi connectivity index (χ2n) is 6.71. The minimum Gasteiger partial charge on any atom is -0.451 e. The van der Waals surface area contributed by atoms with Crippen LogP contribution in [-0.2, 0) is 0 Å². The van der Waals surface area contributed by atoms with E-state index in [1.165, 1.54) is 0 Å². The highest BCUT2D eigenvalue weighted by atomic mass is 35.5. The van der Waals surface area contributed by atoms with E-state index >= 15 is 0 Å². The lowest BCUT2D eigenvalue weighted by Gasteiger charge is -2.16. The van der Waals surface area contributed by atoms with Gasteiger partial charge in [-0.1, -0.05) is 23.7 Å². The first-order valence-corrected chi connectivity index (χ1v) is 9.07.